The number of hydrogen-bond acceptors (Lipinski definition) is 6. The van der Waals surface area contributed by atoms with Crippen molar-refractivity contribution < 1.29 is 23.0 Å². The van der Waals surface area contributed by atoms with Crippen LogP contribution < -0.4 is 5.43 Å². The molecule has 148 valence electrons. The van der Waals surface area contributed by atoms with E-state index in [-0.39, 0.29) is 12.1 Å². The van der Waals surface area contributed by atoms with Crippen LogP contribution in [0.2, 0.25) is 0 Å². The Morgan fingerprint density at radius 2 is 1.54 bits per heavy atom. The Bertz CT molecular complexity index is 890. The fourth-order valence-electron chi connectivity index (χ4n) is 2.32. The molecule has 0 saturated heterocycles. The van der Waals surface area contributed by atoms with Crippen molar-refractivity contribution in [1.82, 2.24) is 0 Å². The Hall–Kier alpha value is -3.50. The number of benzene rings is 2. The van der Waals surface area contributed by atoms with Gasteiger partial charge in [-0.25, -0.2) is 0 Å². The van der Waals surface area contributed by atoms with Gasteiger partial charge in [-0.05, 0) is 17.0 Å². The standard InChI is InChI=1S/C17H15F3N4O4/c1-10(2)12-5-3-11(4-6-12)9-21-22-16-14(23(25)26)7-13(17(18,19)20)8-15(16)24(27)28/h3-10,22H,1-2H3/b21-9-. The smallest absolute Gasteiger partial charge is 0.266 e. The number of anilines is 1. The molecule has 2 aromatic rings. The van der Waals surface area contributed by atoms with E-state index >= 15 is 0 Å². The summed E-state index contributed by atoms with van der Waals surface area (Å²) in [5.74, 6) is 0.307. The van der Waals surface area contributed by atoms with Crippen molar-refractivity contribution in [2.24, 2.45) is 5.10 Å². The normalized spacial score (nSPS) is 11.8. The van der Waals surface area contributed by atoms with Crippen molar-refractivity contribution in [3.8, 4) is 0 Å². The molecule has 11 heteroatoms. The number of hydrazone groups is 1. The molecule has 0 aliphatic carbocycles. The molecule has 0 saturated carbocycles. The second-order valence-corrected chi connectivity index (χ2v) is 6.09. The first kappa shape index (κ1) is 20.8. The molecule has 0 unspecified atom stereocenters. The molecule has 0 atom stereocenters. The van der Waals surface area contributed by atoms with E-state index in [1.807, 2.05) is 26.0 Å². The zero-order valence-corrected chi connectivity index (χ0v) is 14.7. The third-order valence-corrected chi connectivity index (χ3v) is 3.81. The monoisotopic (exact) mass is 396 g/mol. The summed E-state index contributed by atoms with van der Waals surface area (Å²) in [5.41, 5.74) is -0.651. The summed E-state index contributed by atoms with van der Waals surface area (Å²) in [6.45, 7) is 4.01. The Kier molecular flexibility index (Phi) is 5.96. The highest BCUT2D eigenvalue weighted by molar-refractivity contribution is 5.82. The van der Waals surface area contributed by atoms with Crippen LogP contribution in [-0.4, -0.2) is 16.1 Å². The summed E-state index contributed by atoms with van der Waals surface area (Å²) in [6.07, 6.45) is -3.73. The van der Waals surface area contributed by atoms with E-state index in [9.17, 15) is 33.4 Å². The van der Waals surface area contributed by atoms with Crippen LogP contribution >= 0.6 is 0 Å². The fourth-order valence-corrected chi connectivity index (χ4v) is 2.32. The number of nitrogens with one attached hydrogen (secondary N) is 1. The largest absolute Gasteiger partial charge is 0.416 e. The van der Waals surface area contributed by atoms with Crippen molar-refractivity contribution in [2.75, 3.05) is 5.43 Å². The Morgan fingerprint density at radius 1 is 1.04 bits per heavy atom. The van der Waals surface area contributed by atoms with Crippen LogP contribution in [0.3, 0.4) is 0 Å². The average Bonchev–Trinajstić information content (AvgIpc) is 2.60. The van der Waals surface area contributed by atoms with Crippen LogP contribution in [0, 0.1) is 20.2 Å². The zero-order chi connectivity index (χ0) is 21.1. The molecule has 0 aromatic heterocycles. The molecule has 2 rings (SSSR count). The van der Waals surface area contributed by atoms with Gasteiger partial charge in [0, 0.05) is 12.1 Å². The number of nitro groups is 2. The van der Waals surface area contributed by atoms with Gasteiger partial charge in [0.1, 0.15) is 0 Å². The molecule has 28 heavy (non-hydrogen) atoms. The molecule has 0 spiro atoms. The van der Waals surface area contributed by atoms with E-state index in [1.54, 1.807) is 12.1 Å². The summed E-state index contributed by atoms with van der Waals surface area (Å²) in [6, 6.07) is 7.57. The van der Waals surface area contributed by atoms with E-state index in [0.29, 0.717) is 11.5 Å². The molecule has 0 fully saturated rings. The topological polar surface area (TPSA) is 111 Å². The quantitative estimate of drug-likeness (QED) is 0.415. The third-order valence-electron chi connectivity index (χ3n) is 3.81. The van der Waals surface area contributed by atoms with Crippen molar-refractivity contribution >= 4 is 23.3 Å². The minimum absolute atomic E-state index is 0.224. The van der Waals surface area contributed by atoms with E-state index in [0.717, 1.165) is 5.56 Å². The van der Waals surface area contributed by atoms with Gasteiger partial charge in [-0.3, -0.25) is 25.7 Å². The lowest BCUT2D eigenvalue weighted by Crippen LogP contribution is -2.09. The van der Waals surface area contributed by atoms with E-state index < -0.39 is 38.6 Å². The second kappa shape index (κ2) is 8.03. The van der Waals surface area contributed by atoms with Crippen molar-refractivity contribution in [3.05, 3.63) is 73.3 Å². The highest BCUT2D eigenvalue weighted by Crippen LogP contribution is 2.41. The summed E-state index contributed by atoms with van der Waals surface area (Å²) < 4.78 is 38.6. The molecular weight excluding hydrogens is 381 g/mol. The third kappa shape index (κ3) is 4.81. The van der Waals surface area contributed by atoms with Crippen LogP contribution in [0.5, 0.6) is 0 Å². The van der Waals surface area contributed by atoms with Crippen LogP contribution in [0.15, 0.2) is 41.5 Å². The van der Waals surface area contributed by atoms with Crippen LogP contribution in [0.4, 0.5) is 30.2 Å². The molecule has 0 radical (unpaired) electrons. The lowest BCUT2D eigenvalue weighted by Gasteiger charge is -2.09. The maximum atomic E-state index is 12.9. The summed E-state index contributed by atoms with van der Waals surface area (Å²) >= 11 is 0. The lowest BCUT2D eigenvalue weighted by atomic mass is 10.0. The molecule has 1 N–H and O–H groups in total. The van der Waals surface area contributed by atoms with Crippen molar-refractivity contribution in [2.45, 2.75) is 25.9 Å². The highest BCUT2D eigenvalue weighted by Gasteiger charge is 2.37. The Morgan fingerprint density at radius 3 is 1.93 bits per heavy atom. The molecule has 0 bridgehead atoms. The van der Waals surface area contributed by atoms with Gasteiger partial charge in [-0.1, -0.05) is 38.1 Å². The van der Waals surface area contributed by atoms with Crippen LogP contribution in [-0.2, 0) is 6.18 Å². The maximum Gasteiger partial charge on any atom is 0.416 e. The van der Waals surface area contributed by atoms with E-state index in [1.165, 1.54) is 6.21 Å². The number of nitro benzene ring substituents is 2. The van der Waals surface area contributed by atoms with Gasteiger partial charge in [0.05, 0.1) is 21.6 Å². The first-order valence-corrected chi connectivity index (χ1v) is 7.93. The Labute approximate surface area is 157 Å². The zero-order valence-electron chi connectivity index (χ0n) is 14.7. The van der Waals surface area contributed by atoms with Crippen molar-refractivity contribution in [3.63, 3.8) is 0 Å². The predicted molar refractivity (Wildman–Crippen MR) is 96.5 cm³/mol. The maximum absolute atomic E-state index is 12.9. The van der Waals surface area contributed by atoms with Gasteiger partial charge >= 0.3 is 17.6 Å². The van der Waals surface area contributed by atoms with Gasteiger partial charge < -0.3 is 0 Å². The SMILES string of the molecule is CC(C)c1ccc(/C=N\Nc2c([N+](=O)[O-])cc(C(F)(F)F)cc2[N+](=O)[O-])cc1. The number of alkyl halides is 3. The average molecular weight is 396 g/mol. The van der Waals surface area contributed by atoms with Crippen molar-refractivity contribution in [1.29, 1.82) is 0 Å². The molecule has 2 aromatic carbocycles. The van der Waals surface area contributed by atoms with E-state index in [4.69, 9.17) is 0 Å². The number of rotatable bonds is 6. The van der Waals surface area contributed by atoms with Crippen LogP contribution in [0.1, 0.15) is 36.5 Å². The number of hydrogen-bond donors (Lipinski definition) is 1. The predicted octanol–water partition coefficient (Wildman–Crippen LogP) is 5.09. The van der Waals surface area contributed by atoms with E-state index in [2.05, 4.69) is 10.5 Å². The summed E-state index contributed by atoms with van der Waals surface area (Å²) in [4.78, 5) is 20.0. The minimum atomic E-state index is -4.98. The molecule has 0 heterocycles. The molecule has 0 amide bonds. The van der Waals surface area contributed by atoms with Crippen LogP contribution in [0.25, 0.3) is 0 Å². The first-order valence-electron chi connectivity index (χ1n) is 7.93. The fraction of sp³-hybridized carbons (Fsp3) is 0.235. The number of halogens is 3. The summed E-state index contributed by atoms with van der Waals surface area (Å²) in [7, 11) is 0. The van der Waals surface area contributed by atoms with Gasteiger partial charge in [0.25, 0.3) is 0 Å². The lowest BCUT2D eigenvalue weighted by molar-refractivity contribution is -0.392. The van der Waals surface area contributed by atoms with Gasteiger partial charge in [0.15, 0.2) is 0 Å². The molecule has 8 nitrogen and oxygen atoms in total. The Balaban J connectivity index is 2.40. The van der Waals surface area contributed by atoms with Gasteiger partial charge in [-0.2, -0.15) is 18.3 Å². The molecule has 0 aliphatic rings. The summed E-state index contributed by atoms with van der Waals surface area (Å²) in [5, 5.41) is 26.0. The van der Waals surface area contributed by atoms with Gasteiger partial charge in [-0.15, -0.1) is 0 Å². The second-order valence-electron chi connectivity index (χ2n) is 6.09. The van der Waals surface area contributed by atoms with Gasteiger partial charge in [0.2, 0.25) is 5.69 Å². The highest BCUT2D eigenvalue weighted by atomic mass is 19.4. The first-order chi connectivity index (χ1) is 13.0. The number of nitrogens with zero attached hydrogens (tertiary/aromatic N) is 3. The molecular formula is C17H15F3N4O4. The molecule has 0 aliphatic heterocycles. The minimum Gasteiger partial charge on any atom is -0.266 e.